The zero-order chi connectivity index (χ0) is 39.3. The number of oxime groups is 1. The van der Waals surface area contributed by atoms with E-state index >= 15 is 0 Å². The standard InChI is InChI=1S/C35H39N9O9S2.BrH/c1-6-52-40-24(27-38-33(55-41-27)39-34(49)53-35(2,3)4)29(46)37-25-30(47)44-26(32(48)51-17-20-9-11-22(50-5)12-10-20)21(18-54-31(25)44)16-42-13-7-8-23-28(42)36-19-43(23)14-15-45;/h7-13,19,25,31,45H,6,14-18H2,1-5H3,(H-,37,38,39,41,46,49);1H/b40-24-;. The number of aliphatic hydroxyl groups is 1. The molecule has 1 aromatic carbocycles. The topological polar surface area (TPSA) is 213 Å². The molecule has 0 radical (unpaired) electrons. The number of benzene rings is 1. The van der Waals surface area contributed by atoms with Gasteiger partial charge in [-0.05, 0) is 62.5 Å². The summed E-state index contributed by atoms with van der Waals surface area (Å²) in [5.41, 5.74) is 1.76. The third-order valence-electron chi connectivity index (χ3n) is 8.15. The van der Waals surface area contributed by atoms with Crippen LogP contribution in [0.2, 0.25) is 0 Å². The number of hydrogen-bond acceptors (Lipinski definition) is 15. The van der Waals surface area contributed by atoms with Crippen LogP contribution < -0.4 is 36.9 Å². The second-order valence-corrected chi connectivity index (χ2v) is 15.0. The van der Waals surface area contributed by atoms with Gasteiger partial charge in [0.2, 0.25) is 23.0 Å². The SMILES string of the molecule is CCO/N=C(\C(=O)NC1C(=O)N2C(C(=O)OCc3ccc(OC)cc3)=C(C[n+]3cccc4c3ncn4CCO)CSC12)c1nsc(NC(=O)OC(C)(C)C)n1.[Br-]. The number of carbonyl (C=O) groups is 4. The molecular weight excluding hydrogens is 834 g/mol. The number of aliphatic hydroxyl groups excluding tert-OH is 1. The third-order valence-corrected chi connectivity index (χ3v) is 10.1. The van der Waals surface area contributed by atoms with E-state index in [0.29, 0.717) is 34.8 Å². The zero-order valence-electron chi connectivity index (χ0n) is 31.1. The van der Waals surface area contributed by atoms with Crippen molar-refractivity contribution in [3.05, 3.63) is 71.6 Å². The molecule has 3 amide bonds. The molecule has 1 saturated heterocycles. The van der Waals surface area contributed by atoms with Gasteiger partial charge >= 0.3 is 17.7 Å². The Kier molecular flexibility index (Phi) is 13.7. The number of imidazole rings is 1. The lowest BCUT2D eigenvalue weighted by atomic mass is 10.0. The third kappa shape index (κ3) is 9.45. The Morgan fingerprint density at radius 1 is 1.16 bits per heavy atom. The van der Waals surface area contributed by atoms with Crippen molar-refractivity contribution >= 4 is 69.2 Å². The molecule has 3 aromatic heterocycles. The largest absolute Gasteiger partial charge is 1.00 e. The molecule has 0 spiro atoms. The van der Waals surface area contributed by atoms with Crippen LogP contribution in [0, 0.1) is 0 Å². The zero-order valence-corrected chi connectivity index (χ0v) is 34.3. The summed E-state index contributed by atoms with van der Waals surface area (Å²) in [5.74, 6) is -1.21. The number of thioether (sulfide) groups is 1. The van der Waals surface area contributed by atoms with Gasteiger partial charge in [-0.2, -0.15) is 9.36 Å². The lowest BCUT2D eigenvalue weighted by Gasteiger charge is -2.49. The molecule has 5 heterocycles. The van der Waals surface area contributed by atoms with Gasteiger partial charge in [0.05, 0.1) is 19.9 Å². The first-order valence-corrected chi connectivity index (χ1v) is 19.0. The summed E-state index contributed by atoms with van der Waals surface area (Å²) in [5, 5.41) is 18.0. The molecule has 298 valence electrons. The van der Waals surface area contributed by atoms with Gasteiger partial charge in [-0.25, -0.2) is 14.2 Å². The quantitative estimate of drug-likeness (QED) is 0.0474. The van der Waals surface area contributed by atoms with E-state index in [1.165, 1.54) is 16.7 Å². The number of carbonyl (C=O) groups excluding carboxylic acids is 4. The number of nitrogens with one attached hydrogen (secondary N) is 2. The van der Waals surface area contributed by atoms with Crippen LogP contribution in [0.4, 0.5) is 9.93 Å². The first-order chi connectivity index (χ1) is 26.4. The van der Waals surface area contributed by atoms with Crippen LogP contribution in [0.3, 0.4) is 0 Å². The average molecular weight is 875 g/mol. The van der Waals surface area contributed by atoms with Crippen LogP contribution >= 0.6 is 23.3 Å². The van der Waals surface area contributed by atoms with E-state index in [1.54, 1.807) is 65.4 Å². The van der Waals surface area contributed by atoms with Crippen molar-refractivity contribution in [3.63, 3.8) is 0 Å². The Morgan fingerprint density at radius 2 is 1.93 bits per heavy atom. The van der Waals surface area contributed by atoms with Crippen molar-refractivity contribution in [2.24, 2.45) is 5.16 Å². The van der Waals surface area contributed by atoms with Gasteiger partial charge in [-0.15, -0.1) is 11.8 Å². The Hall–Kier alpha value is -5.12. The summed E-state index contributed by atoms with van der Waals surface area (Å²) in [6.45, 7) is 7.39. The van der Waals surface area contributed by atoms with E-state index < -0.39 is 40.9 Å². The highest BCUT2D eigenvalue weighted by atomic mass is 79.9. The number of rotatable bonds is 14. The predicted molar refractivity (Wildman–Crippen MR) is 200 cm³/mol. The molecule has 4 aromatic rings. The van der Waals surface area contributed by atoms with Gasteiger partial charge in [-0.1, -0.05) is 17.3 Å². The maximum Gasteiger partial charge on any atom is 0.414 e. The fourth-order valence-electron chi connectivity index (χ4n) is 5.72. The van der Waals surface area contributed by atoms with Crippen molar-refractivity contribution < 1.29 is 64.9 Å². The van der Waals surface area contributed by atoms with Gasteiger partial charge in [0.25, 0.3) is 11.8 Å². The molecule has 56 heavy (non-hydrogen) atoms. The molecule has 6 rings (SSSR count). The Morgan fingerprint density at radius 3 is 2.62 bits per heavy atom. The summed E-state index contributed by atoms with van der Waals surface area (Å²) in [6.07, 6.45) is 2.70. The molecular formula is C35H40BrN9O9S2. The predicted octanol–water partition coefficient (Wildman–Crippen LogP) is -0.635. The minimum Gasteiger partial charge on any atom is -1.00 e. The number of pyridine rings is 1. The van der Waals surface area contributed by atoms with E-state index in [-0.39, 0.29) is 65.7 Å². The van der Waals surface area contributed by atoms with Gasteiger partial charge in [0.1, 0.15) is 53.7 Å². The summed E-state index contributed by atoms with van der Waals surface area (Å²) < 4.78 is 24.1. The van der Waals surface area contributed by atoms with Crippen LogP contribution in [0.15, 0.2) is 65.3 Å². The molecule has 0 aliphatic carbocycles. The number of halogens is 1. The first-order valence-electron chi connectivity index (χ1n) is 17.2. The molecule has 2 atom stereocenters. The number of β-lactam (4-membered cyclic amide) rings is 1. The second kappa shape index (κ2) is 18.2. The van der Waals surface area contributed by atoms with E-state index in [0.717, 1.165) is 17.0 Å². The fraction of sp³-hybridized carbons (Fsp3) is 0.400. The second-order valence-electron chi connectivity index (χ2n) is 13.2. The minimum absolute atomic E-state index is 0. The summed E-state index contributed by atoms with van der Waals surface area (Å²) in [7, 11) is 1.56. The number of nitrogens with zero attached hydrogens (tertiary/aromatic N) is 7. The van der Waals surface area contributed by atoms with E-state index in [1.807, 2.05) is 27.5 Å². The molecule has 2 aliphatic rings. The number of fused-ring (bicyclic) bond motifs is 2. The maximum absolute atomic E-state index is 13.9. The molecule has 18 nitrogen and oxygen atoms in total. The summed E-state index contributed by atoms with van der Waals surface area (Å²) >= 11 is 2.17. The van der Waals surface area contributed by atoms with Gasteiger partial charge < -0.3 is 51.0 Å². The molecule has 2 aliphatic heterocycles. The fourth-order valence-corrected chi connectivity index (χ4v) is 7.61. The van der Waals surface area contributed by atoms with E-state index in [2.05, 4.69) is 30.1 Å². The van der Waals surface area contributed by atoms with Crippen molar-refractivity contribution in [1.29, 1.82) is 0 Å². The van der Waals surface area contributed by atoms with Crippen LogP contribution in [0.5, 0.6) is 5.75 Å². The normalized spacial score (nSPS) is 16.7. The first kappa shape index (κ1) is 42.0. The van der Waals surface area contributed by atoms with E-state index in [4.69, 9.17) is 19.0 Å². The Balaban J connectivity index is 0.00000600. The lowest BCUT2D eigenvalue weighted by Crippen LogP contribution is -3.00. The molecule has 0 bridgehead atoms. The number of aromatic nitrogens is 5. The van der Waals surface area contributed by atoms with Crippen molar-refractivity contribution in [2.75, 3.05) is 31.4 Å². The highest BCUT2D eigenvalue weighted by molar-refractivity contribution is 8.00. The van der Waals surface area contributed by atoms with Crippen molar-refractivity contribution in [2.45, 2.75) is 64.4 Å². The maximum atomic E-state index is 13.9. The number of methoxy groups -OCH3 is 1. The molecule has 2 unspecified atom stereocenters. The van der Waals surface area contributed by atoms with Crippen molar-refractivity contribution in [1.82, 2.24) is 29.1 Å². The molecule has 21 heteroatoms. The minimum atomic E-state index is -1.04. The monoisotopic (exact) mass is 873 g/mol. The Labute approximate surface area is 340 Å². The Bertz CT molecular complexity index is 2150. The molecule has 0 saturated carbocycles. The van der Waals surface area contributed by atoms with Crippen molar-refractivity contribution in [3.8, 4) is 5.75 Å². The molecule has 3 N–H and O–H groups in total. The number of anilines is 1. The highest BCUT2D eigenvalue weighted by Crippen LogP contribution is 2.41. The highest BCUT2D eigenvalue weighted by Gasteiger charge is 2.55. The van der Waals surface area contributed by atoms with Crippen LogP contribution in [0.25, 0.3) is 11.2 Å². The van der Waals surface area contributed by atoms with Crippen LogP contribution in [0.1, 0.15) is 39.1 Å². The average Bonchev–Trinajstić information content (AvgIpc) is 3.79. The van der Waals surface area contributed by atoms with E-state index in [9.17, 15) is 24.3 Å². The number of ether oxygens (including phenoxy) is 3. The van der Waals surface area contributed by atoms with Crippen LogP contribution in [-0.4, -0.2) is 102 Å². The summed E-state index contributed by atoms with van der Waals surface area (Å²) in [6, 6.07) is 9.73. The number of amides is 3. The smallest absolute Gasteiger partial charge is 0.414 e. The lowest BCUT2D eigenvalue weighted by molar-refractivity contribution is -0.664. The van der Waals surface area contributed by atoms with Gasteiger partial charge in [0, 0.05) is 29.4 Å². The van der Waals surface area contributed by atoms with Crippen LogP contribution in [-0.2, 0) is 48.4 Å². The van der Waals surface area contributed by atoms with Gasteiger partial charge in [0.15, 0.2) is 0 Å². The number of hydrogen-bond donors (Lipinski definition) is 3. The molecule has 1 fully saturated rings. The summed E-state index contributed by atoms with van der Waals surface area (Å²) in [4.78, 5) is 69.1. The number of esters is 1. The van der Waals surface area contributed by atoms with Gasteiger partial charge in [-0.3, -0.25) is 19.8 Å².